The predicted octanol–water partition coefficient (Wildman–Crippen LogP) is 2.09. The summed E-state index contributed by atoms with van der Waals surface area (Å²) in [6, 6.07) is 6.29. The number of aliphatic hydroxyl groups is 1. The molecule has 0 fully saturated rings. The highest BCUT2D eigenvalue weighted by molar-refractivity contribution is 5.73. The van der Waals surface area contributed by atoms with Crippen LogP contribution in [-0.2, 0) is 19.4 Å². The molecule has 0 heterocycles. The van der Waals surface area contributed by atoms with Crippen LogP contribution in [-0.4, -0.2) is 35.2 Å². The summed E-state index contributed by atoms with van der Waals surface area (Å²) in [6.07, 6.45) is 3.56. The molecule has 0 aliphatic heterocycles. The van der Waals surface area contributed by atoms with Crippen LogP contribution in [0.1, 0.15) is 37.0 Å². The molecule has 2 rings (SSSR count). The van der Waals surface area contributed by atoms with Gasteiger partial charge in [-0.25, -0.2) is 4.79 Å². The van der Waals surface area contributed by atoms with Gasteiger partial charge in [-0.3, -0.25) is 0 Å². The first kappa shape index (κ1) is 14.9. The Balaban J connectivity index is 1.87. The second-order valence-corrected chi connectivity index (χ2v) is 6.28. The molecule has 20 heavy (non-hydrogen) atoms. The van der Waals surface area contributed by atoms with Crippen LogP contribution in [0.15, 0.2) is 18.2 Å². The average Bonchev–Trinajstić information content (AvgIpc) is 2.81. The molecule has 0 bridgehead atoms. The number of amides is 2. The normalized spacial score (nSPS) is 14.0. The number of hydrogen-bond acceptors (Lipinski definition) is 2. The van der Waals surface area contributed by atoms with Gasteiger partial charge < -0.3 is 15.3 Å². The van der Waals surface area contributed by atoms with Gasteiger partial charge in [-0.1, -0.05) is 18.2 Å². The van der Waals surface area contributed by atoms with Crippen LogP contribution in [0.5, 0.6) is 0 Å². The van der Waals surface area contributed by atoms with Crippen molar-refractivity contribution >= 4 is 6.03 Å². The monoisotopic (exact) mass is 276 g/mol. The van der Waals surface area contributed by atoms with Crippen molar-refractivity contribution < 1.29 is 9.90 Å². The van der Waals surface area contributed by atoms with Gasteiger partial charge in [0.05, 0.1) is 12.1 Å². The minimum Gasteiger partial charge on any atom is -0.389 e. The Bertz CT molecular complexity index is 492. The van der Waals surface area contributed by atoms with Crippen LogP contribution in [0, 0.1) is 0 Å². The van der Waals surface area contributed by atoms with Crippen molar-refractivity contribution in [1.29, 1.82) is 0 Å². The van der Waals surface area contributed by atoms with E-state index in [-0.39, 0.29) is 6.03 Å². The molecule has 2 N–H and O–H groups in total. The summed E-state index contributed by atoms with van der Waals surface area (Å²) in [5.41, 5.74) is 3.12. The van der Waals surface area contributed by atoms with Crippen LogP contribution in [0.4, 0.5) is 4.79 Å². The Morgan fingerprint density at radius 3 is 2.75 bits per heavy atom. The lowest BCUT2D eigenvalue weighted by atomic mass is 10.1. The molecule has 0 atom stereocenters. The van der Waals surface area contributed by atoms with Gasteiger partial charge in [-0.2, -0.15) is 0 Å². The van der Waals surface area contributed by atoms with Crippen molar-refractivity contribution in [3.8, 4) is 0 Å². The molecule has 2 amide bonds. The number of likely N-dealkylation sites (N-methyl/N-ethyl adjacent to an activating group) is 1. The number of rotatable bonds is 4. The summed E-state index contributed by atoms with van der Waals surface area (Å²) in [6.45, 7) is 4.22. The molecule has 0 saturated carbocycles. The number of nitrogens with one attached hydrogen (secondary N) is 1. The number of carbonyl (C=O) groups excluding carboxylic acids is 1. The largest absolute Gasteiger partial charge is 0.389 e. The minimum atomic E-state index is -0.875. The van der Waals surface area contributed by atoms with Crippen LogP contribution in [0.2, 0.25) is 0 Å². The summed E-state index contributed by atoms with van der Waals surface area (Å²) >= 11 is 0. The van der Waals surface area contributed by atoms with Gasteiger partial charge in [0.1, 0.15) is 0 Å². The molecule has 0 unspecified atom stereocenters. The molecule has 4 heteroatoms. The molecular weight excluding hydrogens is 252 g/mol. The highest BCUT2D eigenvalue weighted by Crippen LogP contribution is 2.22. The van der Waals surface area contributed by atoms with E-state index in [0.717, 1.165) is 12.0 Å². The van der Waals surface area contributed by atoms with E-state index in [4.69, 9.17) is 0 Å². The number of fused-ring (bicyclic) bond motifs is 1. The van der Waals surface area contributed by atoms with E-state index < -0.39 is 5.60 Å². The maximum Gasteiger partial charge on any atom is 0.317 e. The summed E-state index contributed by atoms with van der Waals surface area (Å²) in [7, 11) is 1.69. The molecule has 1 aromatic carbocycles. The van der Waals surface area contributed by atoms with E-state index in [1.165, 1.54) is 28.9 Å². The van der Waals surface area contributed by atoms with Crippen molar-refractivity contribution in [3.63, 3.8) is 0 Å². The minimum absolute atomic E-state index is 0.160. The number of aryl methyl sites for hydroxylation is 2. The molecule has 1 aliphatic rings. The standard InChI is InChI=1S/C16H24N2O2/c1-16(2,20)11-18(3)15(19)17-10-12-7-8-13-5-4-6-14(13)9-12/h7-9,20H,4-6,10-11H2,1-3H3,(H,17,19). The number of benzene rings is 1. The number of nitrogens with zero attached hydrogens (tertiary/aromatic N) is 1. The van der Waals surface area contributed by atoms with Crippen LogP contribution in [0.3, 0.4) is 0 Å². The Labute approximate surface area is 120 Å². The van der Waals surface area contributed by atoms with E-state index in [9.17, 15) is 9.90 Å². The fourth-order valence-electron chi connectivity index (χ4n) is 2.70. The first-order valence-electron chi connectivity index (χ1n) is 7.17. The zero-order chi connectivity index (χ0) is 14.8. The third-order valence-corrected chi connectivity index (χ3v) is 3.58. The summed E-state index contributed by atoms with van der Waals surface area (Å²) < 4.78 is 0. The zero-order valence-corrected chi connectivity index (χ0v) is 12.6. The van der Waals surface area contributed by atoms with E-state index >= 15 is 0 Å². The Morgan fingerprint density at radius 1 is 1.35 bits per heavy atom. The van der Waals surface area contributed by atoms with E-state index in [1.54, 1.807) is 20.9 Å². The lowest BCUT2D eigenvalue weighted by Crippen LogP contribution is -2.44. The molecule has 0 radical (unpaired) electrons. The number of hydrogen-bond donors (Lipinski definition) is 2. The van der Waals surface area contributed by atoms with Crippen molar-refractivity contribution in [3.05, 3.63) is 34.9 Å². The van der Waals surface area contributed by atoms with Gasteiger partial charge in [-0.15, -0.1) is 0 Å². The smallest absolute Gasteiger partial charge is 0.317 e. The third-order valence-electron chi connectivity index (χ3n) is 3.58. The van der Waals surface area contributed by atoms with Gasteiger partial charge >= 0.3 is 6.03 Å². The number of urea groups is 1. The first-order valence-corrected chi connectivity index (χ1v) is 7.17. The SMILES string of the molecule is CN(CC(C)(C)O)C(=O)NCc1ccc2c(c1)CCC2. The summed E-state index contributed by atoms with van der Waals surface area (Å²) in [5, 5.41) is 12.6. The Morgan fingerprint density at radius 2 is 2.05 bits per heavy atom. The molecular formula is C16H24N2O2. The van der Waals surface area contributed by atoms with Crippen molar-refractivity contribution in [1.82, 2.24) is 10.2 Å². The first-order chi connectivity index (χ1) is 9.35. The van der Waals surface area contributed by atoms with E-state index in [2.05, 4.69) is 23.5 Å². The quantitative estimate of drug-likeness (QED) is 0.884. The van der Waals surface area contributed by atoms with Gasteiger partial charge in [0.25, 0.3) is 0 Å². The molecule has 1 aromatic rings. The number of carbonyl (C=O) groups is 1. The molecule has 4 nitrogen and oxygen atoms in total. The molecule has 0 spiro atoms. The highest BCUT2D eigenvalue weighted by atomic mass is 16.3. The summed E-state index contributed by atoms with van der Waals surface area (Å²) in [4.78, 5) is 13.4. The Hall–Kier alpha value is -1.55. The van der Waals surface area contributed by atoms with Crippen molar-refractivity contribution in [2.24, 2.45) is 0 Å². The Kier molecular flexibility index (Phi) is 4.33. The van der Waals surface area contributed by atoms with Crippen LogP contribution >= 0.6 is 0 Å². The second kappa shape index (κ2) is 5.83. The highest BCUT2D eigenvalue weighted by Gasteiger charge is 2.19. The van der Waals surface area contributed by atoms with Gasteiger partial charge in [0.15, 0.2) is 0 Å². The van der Waals surface area contributed by atoms with Crippen LogP contribution in [0.25, 0.3) is 0 Å². The predicted molar refractivity (Wildman–Crippen MR) is 79.6 cm³/mol. The average molecular weight is 276 g/mol. The van der Waals surface area contributed by atoms with Crippen LogP contribution < -0.4 is 5.32 Å². The maximum atomic E-state index is 11.9. The second-order valence-electron chi connectivity index (χ2n) is 6.28. The lowest BCUT2D eigenvalue weighted by Gasteiger charge is -2.25. The maximum absolute atomic E-state index is 11.9. The zero-order valence-electron chi connectivity index (χ0n) is 12.6. The lowest BCUT2D eigenvalue weighted by molar-refractivity contribution is 0.0531. The fraction of sp³-hybridized carbons (Fsp3) is 0.562. The molecule has 1 aliphatic carbocycles. The third kappa shape index (κ3) is 3.97. The molecule has 110 valence electrons. The van der Waals surface area contributed by atoms with Gasteiger partial charge in [-0.05, 0) is 49.8 Å². The summed E-state index contributed by atoms with van der Waals surface area (Å²) in [5.74, 6) is 0. The van der Waals surface area contributed by atoms with Gasteiger partial charge in [0.2, 0.25) is 0 Å². The molecule has 0 saturated heterocycles. The topological polar surface area (TPSA) is 52.6 Å². The van der Waals surface area contributed by atoms with E-state index in [1.807, 2.05) is 0 Å². The van der Waals surface area contributed by atoms with Crippen molar-refractivity contribution in [2.75, 3.05) is 13.6 Å². The van der Waals surface area contributed by atoms with Gasteiger partial charge in [0, 0.05) is 13.6 Å². The van der Waals surface area contributed by atoms with E-state index in [0.29, 0.717) is 13.1 Å². The van der Waals surface area contributed by atoms with Crippen molar-refractivity contribution in [2.45, 2.75) is 45.3 Å². The fourth-order valence-corrected chi connectivity index (χ4v) is 2.70. The molecule has 0 aromatic heterocycles.